The molecule has 2 rings (SSSR count). The normalized spacial score (nSPS) is 20.4. The van der Waals surface area contributed by atoms with Gasteiger partial charge in [0.25, 0.3) is 0 Å². The molecule has 2 atom stereocenters. The van der Waals surface area contributed by atoms with E-state index in [1.807, 2.05) is 50.2 Å². The lowest BCUT2D eigenvalue weighted by atomic mass is 10.1. The molecule has 21 heavy (non-hydrogen) atoms. The number of hydrogen-bond acceptors (Lipinski definition) is 4. The second kappa shape index (κ2) is 6.77. The van der Waals surface area contributed by atoms with E-state index in [0.29, 0.717) is 26.1 Å². The smallest absolute Gasteiger partial charge is 0.217 e. The molecule has 0 amide bonds. The van der Waals surface area contributed by atoms with Gasteiger partial charge in [-0.1, -0.05) is 12.1 Å². The van der Waals surface area contributed by atoms with Crippen molar-refractivity contribution in [1.29, 1.82) is 0 Å². The monoisotopic (exact) mass is 312 g/mol. The van der Waals surface area contributed by atoms with E-state index in [4.69, 9.17) is 4.74 Å². The van der Waals surface area contributed by atoms with Crippen molar-refractivity contribution < 1.29 is 13.2 Å². The van der Waals surface area contributed by atoms with Gasteiger partial charge in [0, 0.05) is 32.4 Å². The summed E-state index contributed by atoms with van der Waals surface area (Å²) in [5.74, 6) is 0. The average Bonchev–Trinajstić information content (AvgIpc) is 2.93. The van der Waals surface area contributed by atoms with Crippen LogP contribution in [0.5, 0.6) is 0 Å². The van der Waals surface area contributed by atoms with Crippen LogP contribution in [0.4, 0.5) is 5.69 Å². The predicted molar refractivity (Wildman–Crippen MR) is 85.2 cm³/mol. The van der Waals surface area contributed by atoms with Gasteiger partial charge in [-0.15, -0.1) is 0 Å². The molecule has 1 aliphatic heterocycles. The van der Waals surface area contributed by atoms with E-state index in [-0.39, 0.29) is 6.04 Å². The average molecular weight is 312 g/mol. The molecule has 1 aromatic carbocycles. The highest BCUT2D eigenvalue weighted by Gasteiger charge is 2.30. The van der Waals surface area contributed by atoms with Crippen LogP contribution in [0, 0.1) is 0 Å². The summed E-state index contributed by atoms with van der Waals surface area (Å²) in [6, 6.07) is 8.04. The third-order valence-electron chi connectivity index (χ3n) is 3.69. The van der Waals surface area contributed by atoms with Crippen molar-refractivity contribution in [3.8, 4) is 0 Å². The lowest BCUT2D eigenvalue weighted by Crippen LogP contribution is -2.40. The molecule has 1 N–H and O–H groups in total. The number of anilines is 1. The van der Waals surface area contributed by atoms with Crippen molar-refractivity contribution in [3.05, 3.63) is 29.8 Å². The first kappa shape index (κ1) is 16.3. The van der Waals surface area contributed by atoms with Gasteiger partial charge in [0.05, 0.1) is 6.61 Å². The van der Waals surface area contributed by atoms with Crippen LogP contribution in [-0.2, 0) is 21.2 Å². The number of benzene rings is 1. The molecule has 6 heteroatoms. The Balaban J connectivity index is 1.93. The van der Waals surface area contributed by atoms with Gasteiger partial charge in [0.1, 0.15) is 5.25 Å². The topological polar surface area (TPSA) is 58.6 Å². The first-order valence-electron chi connectivity index (χ1n) is 7.23. The van der Waals surface area contributed by atoms with Crippen molar-refractivity contribution >= 4 is 15.7 Å². The SMILES string of the molecule is C[C@H](Cc1ccc(N(C)C)cc1)NS(=O)(=O)[C@H]1CCOC1. The molecule has 0 unspecified atom stereocenters. The van der Waals surface area contributed by atoms with Crippen LogP contribution in [0.25, 0.3) is 0 Å². The number of sulfonamides is 1. The van der Waals surface area contributed by atoms with E-state index < -0.39 is 15.3 Å². The molecule has 0 bridgehead atoms. The predicted octanol–water partition coefficient (Wildman–Crippen LogP) is 1.39. The second-order valence-electron chi connectivity index (χ2n) is 5.81. The summed E-state index contributed by atoms with van der Waals surface area (Å²) in [6.07, 6.45) is 1.26. The molecule has 5 nitrogen and oxygen atoms in total. The van der Waals surface area contributed by atoms with E-state index >= 15 is 0 Å². The first-order valence-corrected chi connectivity index (χ1v) is 8.78. The number of hydrogen-bond donors (Lipinski definition) is 1. The fourth-order valence-electron chi connectivity index (χ4n) is 2.46. The van der Waals surface area contributed by atoms with Crippen LogP contribution < -0.4 is 9.62 Å². The number of ether oxygens (including phenoxy) is 1. The molecule has 0 aromatic heterocycles. The zero-order chi connectivity index (χ0) is 15.5. The maximum absolute atomic E-state index is 12.2. The maximum atomic E-state index is 12.2. The Labute approximate surface area is 127 Å². The number of rotatable bonds is 6. The minimum atomic E-state index is -3.28. The molecule has 0 saturated carbocycles. The van der Waals surface area contributed by atoms with Gasteiger partial charge in [0.2, 0.25) is 10.0 Å². The van der Waals surface area contributed by atoms with Gasteiger partial charge in [-0.25, -0.2) is 13.1 Å². The largest absolute Gasteiger partial charge is 0.380 e. The third kappa shape index (κ3) is 4.43. The molecule has 1 aromatic rings. The molecule has 1 saturated heterocycles. The summed E-state index contributed by atoms with van der Waals surface area (Å²) < 4.78 is 32.3. The van der Waals surface area contributed by atoms with Crippen molar-refractivity contribution in [2.24, 2.45) is 0 Å². The highest BCUT2D eigenvalue weighted by Crippen LogP contribution is 2.16. The molecule has 0 spiro atoms. The number of nitrogens with one attached hydrogen (secondary N) is 1. The van der Waals surface area contributed by atoms with Crippen LogP contribution in [0.1, 0.15) is 18.9 Å². The zero-order valence-corrected chi connectivity index (χ0v) is 13.7. The van der Waals surface area contributed by atoms with Gasteiger partial charge in [-0.3, -0.25) is 0 Å². The number of nitrogens with zero attached hydrogens (tertiary/aromatic N) is 1. The Hall–Kier alpha value is -1.11. The fraction of sp³-hybridized carbons (Fsp3) is 0.600. The zero-order valence-electron chi connectivity index (χ0n) is 12.9. The van der Waals surface area contributed by atoms with Crippen molar-refractivity contribution in [3.63, 3.8) is 0 Å². The molecule has 1 fully saturated rings. The summed E-state index contributed by atoms with van der Waals surface area (Å²) in [5, 5.41) is -0.406. The second-order valence-corrected chi connectivity index (χ2v) is 7.81. The third-order valence-corrected chi connectivity index (χ3v) is 5.67. The molecule has 0 radical (unpaired) electrons. The van der Waals surface area contributed by atoms with E-state index in [2.05, 4.69) is 4.72 Å². The molecule has 1 aliphatic rings. The Morgan fingerprint density at radius 3 is 2.52 bits per heavy atom. The van der Waals surface area contributed by atoms with Crippen LogP contribution in [0.3, 0.4) is 0 Å². The lowest BCUT2D eigenvalue weighted by Gasteiger charge is -2.18. The fourth-order valence-corrected chi connectivity index (χ4v) is 3.98. The summed E-state index contributed by atoms with van der Waals surface area (Å²) in [6.45, 7) is 2.73. The molecule has 1 heterocycles. The minimum absolute atomic E-state index is 0.124. The van der Waals surface area contributed by atoms with Crippen molar-refractivity contribution in [2.45, 2.75) is 31.1 Å². The molecular formula is C15H24N2O3S. The highest BCUT2D eigenvalue weighted by molar-refractivity contribution is 7.90. The van der Waals surface area contributed by atoms with Crippen molar-refractivity contribution in [1.82, 2.24) is 4.72 Å². The molecular weight excluding hydrogens is 288 g/mol. The summed E-state index contributed by atoms with van der Waals surface area (Å²) in [4.78, 5) is 2.04. The summed E-state index contributed by atoms with van der Waals surface area (Å²) >= 11 is 0. The Kier molecular flexibility index (Phi) is 5.24. The van der Waals surface area contributed by atoms with Crippen LogP contribution >= 0.6 is 0 Å². The Morgan fingerprint density at radius 1 is 1.33 bits per heavy atom. The van der Waals surface area contributed by atoms with Crippen LogP contribution in [0.15, 0.2) is 24.3 Å². The minimum Gasteiger partial charge on any atom is -0.380 e. The van der Waals surface area contributed by atoms with Gasteiger partial charge in [-0.2, -0.15) is 0 Å². The van der Waals surface area contributed by atoms with E-state index in [1.54, 1.807) is 0 Å². The maximum Gasteiger partial charge on any atom is 0.217 e. The molecule has 118 valence electrons. The molecule has 0 aliphatic carbocycles. The van der Waals surface area contributed by atoms with Crippen molar-refractivity contribution in [2.75, 3.05) is 32.2 Å². The quantitative estimate of drug-likeness (QED) is 0.862. The van der Waals surface area contributed by atoms with Gasteiger partial charge in [0.15, 0.2) is 0 Å². The first-order chi connectivity index (χ1) is 9.88. The van der Waals surface area contributed by atoms with E-state index in [9.17, 15) is 8.42 Å². The Morgan fingerprint density at radius 2 is 2.00 bits per heavy atom. The standard InChI is InChI=1S/C15H24N2O3S/c1-12(16-21(18,19)15-8-9-20-11-15)10-13-4-6-14(7-5-13)17(2)3/h4-7,12,15-16H,8-11H2,1-3H3/t12-,15+/m1/s1. The lowest BCUT2D eigenvalue weighted by molar-refractivity contribution is 0.198. The van der Waals surface area contributed by atoms with E-state index in [1.165, 1.54) is 0 Å². The van der Waals surface area contributed by atoms with Gasteiger partial charge >= 0.3 is 0 Å². The van der Waals surface area contributed by atoms with Crippen LogP contribution in [0.2, 0.25) is 0 Å². The van der Waals surface area contributed by atoms with E-state index in [0.717, 1.165) is 11.3 Å². The van der Waals surface area contributed by atoms with Gasteiger partial charge in [-0.05, 0) is 37.5 Å². The summed E-state index contributed by atoms with van der Waals surface area (Å²) in [5.41, 5.74) is 2.26. The Bertz CT molecular complexity index is 549. The van der Waals surface area contributed by atoms with Gasteiger partial charge < -0.3 is 9.64 Å². The van der Waals surface area contributed by atoms with Crippen LogP contribution in [-0.4, -0.2) is 47.0 Å². The highest BCUT2D eigenvalue weighted by atomic mass is 32.2. The summed E-state index contributed by atoms with van der Waals surface area (Å²) in [7, 11) is 0.707.